The van der Waals surface area contributed by atoms with E-state index < -0.39 is 0 Å². The van der Waals surface area contributed by atoms with Crippen molar-refractivity contribution in [3.8, 4) is 0 Å². The van der Waals surface area contributed by atoms with Crippen LogP contribution in [0.3, 0.4) is 0 Å². The van der Waals surface area contributed by atoms with Crippen molar-refractivity contribution in [1.29, 1.82) is 0 Å². The zero-order valence-electron chi connectivity index (χ0n) is 10.6. The highest BCUT2D eigenvalue weighted by molar-refractivity contribution is 5.28. The minimum Gasteiger partial charge on any atom is -0.324 e. The van der Waals surface area contributed by atoms with Crippen LogP contribution in [0.4, 0.5) is 4.39 Å². The molecule has 94 valence electrons. The highest BCUT2D eigenvalue weighted by atomic mass is 19.1. The molecule has 0 aliphatic heterocycles. The summed E-state index contributed by atoms with van der Waals surface area (Å²) in [5.41, 5.74) is 9.50. The standard InChI is InChI=1S/C16H18FN/c1-2-12-5-3-7-14(9-12)16(18)11-13-6-4-8-15(17)10-13/h3-10,16H,2,11,18H2,1H3. The van der Waals surface area contributed by atoms with E-state index in [1.165, 1.54) is 11.6 Å². The largest absolute Gasteiger partial charge is 0.324 e. The van der Waals surface area contributed by atoms with Gasteiger partial charge in [0.15, 0.2) is 0 Å². The molecule has 2 heteroatoms. The minimum absolute atomic E-state index is 0.0849. The Morgan fingerprint density at radius 1 is 1.06 bits per heavy atom. The van der Waals surface area contributed by atoms with Gasteiger partial charge < -0.3 is 5.73 Å². The Bertz CT molecular complexity index is 522. The molecule has 0 aromatic heterocycles. The second kappa shape index (κ2) is 5.78. The molecule has 2 N–H and O–H groups in total. The molecular formula is C16H18FN. The third-order valence-electron chi connectivity index (χ3n) is 3.13. The van der Waals surface area contributed by atoms with Crippen molar-refractivity contribution in [3.05, 3.63) is 71.0 Å². The average molecular weight is 243 g/mol. The van der Waals surface area contributed by atoms with Crippen LogP contribution in [-0.2, 0) is 12.8 Å². The molecule has 0 heterocycles. The first-order valence-corrected chi connectivity index (χ1v) is 6.28. The summed E-state index contributed by atoms with van der Waals surface area (Å²) < 4.78 is 13.1. The molecule has 2 aromatic carbocycles. The molecule has 0 aliphatic rings. The van der Waals surface area contributed by atoms with E-state index in [1.807, 2.05) is 18.2 Å². The van der Waals surface area contributed by atoms with E-state index >= 15 is 0 Å². The van der Waals surface area contributed by atoms with E-state index in [2.05, 4.69) is 19.1 Å². The first kappa shape index (κ1) is 12.8. The molecule has 18 heavy (non-hydrogen) atoms. The molecule has 0 amide bonds. The lowest BCUT2D eigenvalue weighted by Crippen LogP contribution is -2.13. The Morgan fingerprint density at radius 3 is 2.50 bits per heavy atom. The van der Waals surface area contributed by atoms with Crippen molar-refractivity contribution in [2.75, 3.05) is 0 Å². The quantitative estimate of drug-likeness (QED) is 0.871. The smallest absolute Gasteiger partial charge is 0.123 e. The Hall–Kier alpha value is -1.67. The van der Waals surface area contributed by atoms with E-state index in [-0.39, 0.29) is 11.9 Å². The van der Waals surface area contributed by atoms with Crippen LogP contribution in [0.15, 0.2) is 48.5 Å². The van der Waals surface area contributed by atoms with E-state index in [0.717, 1.165) is 17.5 Å². The van der Waals surface area contributed by atoms with Gasteiger partial charge in [0.1, 0.15) is 5.82 Å². The molecule has 2 rings (SSSR count). The molecule has 0 radical (unpaired) electrons. The van der Waals surface area contributed by atoms with Crippen LogP contribution >= 0.6 is 0 Å². The van der Waals surface area contributed by atoms with Gasteiger partial charge in [0.25, 0.3) is 0 Å². The normalized spacial score (nSPS) is 12.4. The molecule has 0 saturated carbocycles. The second-order valence-corrected chi connectivity index (χ2v) is 4.54. The Kier molecular flexibility index (Phi) is 4.11. The van der Waals surface area contributed by atoms with Crippen LogP contribution < -0.4 is 5.73 Å². The lowest BCUT2D eigenvalue weighted by atomic mass is 9.97. The van der Waals surface area contributed by atoms with Gasteiger partial charge in [0.05, 0.1) is 0 Å². The maximum absolute atomic E-state index is 13.1. The van der Waals surface area contributed by atoms with Crippen LogP contribution in [0.25, 0.3) is 0 Å². The van der Waals surface area contributed by atoms with Gasteiger partial charge in [-0.2, -0.15) is 0 Å². The van der Waals surface area contributed by atoms with Crippen LogP contribution in [-0.4, -0.2) is 0 Å². The fourth-order valence-electron chi connectivity index (χ4n) is 2.08. The molecule has 0 saturated heterocycles. The van der Waals surface area contributed by atoms with Crippen molar-refractivity contribution in [3.63, 3.8) is 0 Å². The summed E-state index contributed by atoms with van der Waals surface area (Å²) in [5.74, 6) is -0.206. The van der Waals surface area contributed by atoms with Crippen LogP contribution in [0, 0.1) is 5.82 Å². The maximum atomic E-state index is 13.1. The number of rotatable bonds is 4. The molecule has 0 fully saturated rings. The second-order valence-electron chi connectivity index (χ2n) is 4.54. The van der Waals surface area contributed by atoms with Crippen molar-refractivity contribution < 1.29 is 4.39 Å². The van der Waals surface area contributed by atoms with Crippen molar-refractivity contribution in [2.24, 2.45) is 5.73 Å². The Morgan fingerprint density at radius 2 is 1.78 bits per heavy atom. The minimum atomic E-state index is -0.206. The predicted octanol–water partition coefficient (Wildman–Crippen LogP) is 3.63. The van der Waals surface area contributed by atoms with Gasteiger partial charge in [-0.15, -0.1) is 0 Å². The summed E-state index contributed by atoms with van der Waals surface area (Å²) in [6, 6.07) is 14.8. The molecule has 1 atom stereocenters. The van der Waals surface area contributed by atoms with Gasteiger partial charge in [-0.05, 0) is 41.7 Å². The third kappa shape index (κ3) is 3.17. The molecule has 0 bridgehead atoms. The van der Waals surface area contributed by atoms with Gasteiger partial charge in [0, 0.05) is 6.04 Å². The van der Waals surface area contributed by atoms with Crippen LogP contribution in [0.5, 0.6) is 0 Å². The molecule has 0 spiro atoms. The van der Waals surface area contributed by atoms with E-state index in [9.17, 15) is 4.39 Å². The summed E-state index contributed by atoms with van der Waals surface area (Å²) in [6.07, 6.45) is 1.66. The number of aryl methyl sites for hydroxylation is 1. The van der Waals surface area contributed by atoms with E-state index in [0.29, 0.717) is 6.42 Å². The number of nitrogens with two attached hydrogens (primary N) is 1. The molecule has 1 nitrogen and oxygen atoms in total. The fraction of sp³-hybridized carbons (Fsp3) is 0.250. The first-order chi connectivity index (χ1) is 8.69. The third-order valence-corrected chi connectivity index (χ3v) is 3.13. The monoisotopic (exact) mass is 243 g/mol. The summed E-state index contributed by atoms with van der Waals surface area (Å²) in [4.78, 5) is 0. The van der Waals surface area contributed by atoms with E-state index in [1.54, 1.807) is 12.1 Å². The zero-order chi connectivity index (χ0) is 13.0. The highest BCUT2D eigenvalue weighted by Crippen LogP contribution is 2.18. The van der Waals surface area contributed by atoms with Crippen molar-refractivity contribution >= 4 is 0 Å². The van der Waals surface area contributed by atoms with Gasteiger partial charge in [-0.25, -0.2) is 4.39 Å². The van der Waals surface area contributed by atoms with E-state index in [4.69, 9.17) is 5.73 Å². The first-order valence-electron chi connectivity index (χ1n) is 6.28. The van der Waals surface area contributed by atoms with Crippen LogP contribution in [0.1, 0.15) is 29.7 Å². The van der Waals surface area contributed by atoms with Crippen molar-refractivity contribution in [2.45, 2.75) is 25.8 Å². The molecule has 2 aromatic rings. The molecule has 0 aliphatic carbocycles. The zero-order valence-corrected chi connectivity index (χ0v) is 10.6. The van der Waals surface area contributed by atoms with Gasteiger partial charge in [-0.3, -0.25) is 0 Å². The topological polar surface area (TPSA) is 26.0 Å². The summed E-state index contributed by atoms with van der Waals surface area (Å²) in [5, 5.41) is 0. The average Bonchev–Trinajstić information content (AvgIpc) is 2.39. The maximum Gasteiger partial charge on any atom is 0.123 e. The summed E-state index contributed by atoms with van der Waals surface area (Å²) in [6.45, 7) is 2.12. The van der Waals surface area contributed by atoms with Gasteiger partial charge in [-0.1, -0.05) is 43.3 Å². The predicted molar refractivity (Wildman–Crippen MR) is 72.9 cm³/mol. The molecule has 1 unspecified atom stereocenters. The van der Waals surface area contributed by atoms with Crippen molar-refractivity contribution in [1.82, 2.24) is 0 Å². The SMILES string of the molecule is CCc1cccc(C(N)Cc2cccc(F)c2)c1. The van der Waals surface area contributed by atoms with Crippen LogP contribution in [0.2, 0.25) is 0 Å². The lowest BCUT2D eigenvalue weighted by Gasteiger charge is -2.13. The lowest BCUT2D eigenvalue weighted by molar-refractivity contribution is 0.622. The number of hydrogen-bond donors (Lipinski definition) is 1. The van der Waals surface area contributed by atoms with Gasteiger partial charge >= 0.3 is 0 Å². The Balaban J connectivity index is 2.13. The number of benzene rings is 2. The molecular weight excluding hydrogens is 225 g/mol. The Labute approximate surface area is 107 Å². The fourth-order valence-corrected chi connectivity index (χ4v) is 2.08. The number of hydrogen-bond acceptors (Lipinski definition) is 1. The summed E-state index contributed by atoms with van der Waals surface area (Å²) in [7, 11) is 0. The van der Waals surface area contributed by atoms with Gasteiger partial charge in [0.2, 0.25) is 0 Å². The summed E-state index contributed by atoms with van der Waals surface area (Å²) >= 11 is 0. The number of halogens is 1. The highest BCUT2D eigenvalue weighted by Gasteiger charge is 2.08.